The normalized spacial score (nSPS) is 10.8. The van der Waals surface area contributed by atoms with E-state index in [0.29, 0.717) is 5.82 Å². The second kappa shape index (κ2) is 5.71. The Morgan fingerprint density at radius 1 is 1.22 bits per heavy atom. The van der Waals surface area contributed by atoms with Gasteiger partial charge in [0.15, 0.2) is 0 Å². The molecule has 3 heteroatoms. The van der Waals surface area contributed by atoms with Crippen molar-refractivity contribution in [3.63, 3.8) is 0 Å². The summed E-state index contributed by atoms with van der Waals surface area (Å²) >= 11 is 0. The van der Waals surface area contributed by atoms with Crippen molar-refractivity contribution < 1.29 is 0 Å². The predicted octanol–water partition coefficient (Wildman–Crippen LogP) is 3.04. The smallest absolute Gasteiger partial charge is 0.148 e. The first-order valence-electron chi connectivity index (χ1n) is 6.58. The van der Waals surface area contributed by atoms with Gasteiger partial charge < -0.3 is 5.73 Å². The summed E-state index contributed by atoms with van der Waals surface area (Å²) in [5, 5.41) is 7.19. The molecule has 0 spiro atoms. The number of nitrogens with one attached hydrogen (secondary N) is 1. The zero-order valence-corrected chi connectivity index (χ0v) is 11.2. The van der Waals surface area contributed by atoms with Crippen LogP contribution in [0, 0.1) is 6.92 Å². The van der Waals surface area contributed by atoms with Crippen molar-refractivity contribution in [3.8, 4) is 0 Å². The van der Waals surface area contributed by atoms with Crippen LogP contribution in [0.1, 0.15) is 35.7 Å². The molecule has 1 aromatic heterocycles. The molecule has 0 fully saturated rings. The summed E-state index contributed by atoms with van der Waals surface area (Å²) in [7, 11) is 0. The largest absolute Gasteiger partial charge is 0.382 e. The number of nitrogens with two attached hydrogens (primary N) is 1. The highest BCUT2D eigenvalue weighted by molar-refractivity contribution is 5.42. The molecule has 0 amide bonds. The van der Waals surface area contributed by atoms with Gasteiger partial charge in [-0.3, -0.25) is 5.10 Å². The van der Waals surface area contributed by atoms with Crippen LogP contribution in [-0.4, -0.2) is 10.2 Å². The molecule has 2 aromatic rings. The topological polar surface area (TPSA) is 54.7 Å². The minimum atomic E-state index is 0.663. The third-order valence-electron chi connectivity index (χ3n) is 3.23. The van der Waals surface area contributed by atoms with Gasteiger partial charge in [0, 0.05) is 11.3 Å². The van der Waals surface area contributed by atoms with Gasteiger partial charge in [-0.25, -0.2) is 0 Å². The van der Waals surface area contributed by atoms with Gasteiger partial charge >= 0.3 is 0 Å². The van der Waals surface area contributed by atoms with E-state index in [9.17, 15) is 0 Å². The van der Waals surface area contributed by atoms with Crippen LogP contribution >= 0.6 is 0 Å². The van der Waals surface area contributed by atoms with E-state index < -0.39 is 0 Å². The number of hydrogen-bond acceptors (Lipinski definition) is 2. The van der Waals surface area contributed by atoms with E-state index in [4.69, 9.17) is 5.73 Å². The Labute approximate surface area is 108 Å². The molecule has 0 saturated heterocycles. The summed E-state index contributed by atoms with van der Waals surface area (Å²) in [6.07, 6.45) is 4.11. The van der Waals surface area contributed by atoms with Gasteiger partial charge in [0.05, 0.1) is 0 Å². The first-order valence-corrected chi connectivity index (χ1v) is 6.58. The first kappa shape index (κ1) is 12.7. The Bertz CT molecular complexity index is 514. The van der Waals surface area contributed by atoms with Gasteiger partial charge in [0.25, 0.3) is 0 Å². The zero-order valence-electron chi connectivity index (χ0n) is 11.2. The van der Waals surface area contributed by atoms with Crippen LogP contribution in [0.3, 0.4) is 0 Å². The lowest BCUT2D eigenvalue weighted by Crippen LogP contribution is -1.98. The Morgan fingerprint density at radius 2 is 2.06 bits per heavy atom. The number of aryl methyl sites for hydroxylation is 3. The van der Waals surface area contributed by atoms with E-state index in [2.05, 4.69) is 48.3 Å². The fraction of sp³-hybridized carbons (Fsp3) is 0.400. The van der Waals surface area contributed by atoms with E-state index in [1.807, 2.05) is 0 Å². The number of nitrogens with zero attached hydrogens (tertiary/aromatic N) is 1. The lowest BCUT2D eigenvalue weighted by molar-refractivity contribution is 0.852. The molecular weight excluding hydrogens is 222 g/mol. The highest BCUT2D eigenvalue weighted by Crippen LogP contribution is 2.17. The van der Waals surface area contributed by atoms with Gasteiger partial charge in [-0.05, 0) is 31.7 Å². The van der Waals surface area contributed by atoms with Crippen LogP contribution < -0.4 is 5.73 Å². The van der Waals surface area contributed by atoms with Crippen molar-refractivity contribution in [2.45, 2.75) is 39.5 Å². The number of rotatable bonds is 5. The highest BCUT2D eigenvalue weighted by atomic mass is 15.2. The number of aromatic amines is 1. The fourth-order valence-corrected chi connectivity index (χ4v) is 2.29. The van der Waals surface area contributed by atoms with Gasteiger partial charge in [-0.2, -0.15) is 5.10 Å². The standard InChI is InChI=1S/C15H21N3/c1-3-5-13-14(17-18-15(13)16)9-8-12-7-4-6-11(2)10-12/h4,6-7,10H,3,5,8-9H2,1-2H3,(H3,16,17,18). The number of nitrogen functional groups attached to an aromatic ring is 1. The second-order valence-corrected chi connectivity index (χ2v) is 4.81. The fourth-order valence-electron chi connectivity index (χ4n) is 2.29. The number of benzene rings is 1. The molecule has 0 aliphatic carbocycles. The molecule has 18 heavy (non-hydrogen) atoms. The molecule has 0 aliphatic heterocycles. The summed E-state index contributed by atoms with van der Waals surface area (Å²) in [4.78, 5) is 0. The van der Waals surface area contributed by atoms with E-state index in [0.717, 1.165) is 25.7 Å². The van der Waals surface area contributed by atoms with Crippen LogP contribution in [0.5, 0.6) is 0 Å². The van der Waals surface area contributed by atoms with Crippen molar-refractivity contribution in [2.75, 3.05) is 5.73 Å². The van der Waals surface area contributed by atoms with Gasteiger partial charge in [0.2, 0.25) is 0 Å². The van der Waals surface area contributed by atoms with Gasteiger partial charge in [-0.15, -0.1) is 0 Å². The van der Waals surface area contributed by atoms with Crippen LogP contribution in [0.15, 0.2) is 24.3 Å². The molecular formula is C15H21N3. The number of hydrogen-bond donors (Lipinski definition) is 2. The lowest BCUT2D eigenvalue weighted by Gasteiger charge is -2.04. The highest BCUT2D eigenvalue weighted by Gasteiger charge is 2.09. The van der Waals surface area contributed by atoms with Crippen molar-refractivity contribution >= 4 is 5.82 Å². The van der Waals surface area contributed by atoms with Crippen molar-refractivity contribution in [3.05, 3.63) is 46.6 Å². The molecule has 1 aromatic carbocycles. The summed E-state index contributed by atoms with van der Waals surface area (Å²) in [6, 6.07) is 8.64. The van der Waals surface area contributed by atoms with Crippen LogP contribution in [0.25, 0.3) is 0 Å². The Morgan fingerprint density at radius 3 is 2.78 bits per heavy atom. The Hall–Kier alpha value is -1.77. The lowest BCUT2D eigenvalue weighted by atomic mass is 10.0. The molecule has 3 N–H and O–H groups in total. The average molecular weight is 243 g/mol. The molecule has 0 unspecified atom stereocenters. The summed E-state index contributed by atoms with van der Waals surface area (Å²) in [5.41, 5.74) is 10.9. The van der Waals surface area contributed by atoms with Crippen molar-refractivity contribution in [1.82, 2.24) is 10.2 Å². The first-order chi connectivity index (χ1) is 8.70. The summed E-state index contributed by atoms with van der Waals surface area (Å²) in [5.74, 6) is 0.663. The molecule has 0 aliphatic rings. The molecule has 0 saturated carbocycles. The van der Waals surface area contributed by atoms with Crippen LogP contribution in [-0.2, 0) is 19.3 Å². The summed E-state index contributed by atoms with van der Waals surface area (Å²) < 4.78 is 0. The average Bonchev–Trinajstić information content (AvgIpc) is 2.69. The van der Waals surface area contributed by atoms with Crippen molar-refractivity contribution in [1.29, 1.82) is 0 Å². The zero-order chi connectivity index (χ0) is 13.0. The van der Waals surface area contributed by atoms with Crippen molar-refractivity contribution in [2.24, 2.45) is 0 Å². The van der Waals surface area contributed by atoms with E-state index >= 15 is 0 Å². The van der Waals surface area contributed by atoms with Crippen LogP contribution in [0.2, 0.25) is 0 Å². The monoisotopic (exact) mass is 243 g/mol. The molecule has 96 valence electrons. The van der Waals surface area contributed by atoms with E-state index in [-0.39, 0.29) is 0 Å². The Balaban J connectivity index is 2.06. The van der Waals surface area contributed by atoms with Gasteiger partial charge in [-0.1, -0.05) is 43.2 Å². The molecule has 1 heterocycles. The molecule has 0 radical (unpaired) electrons. The SMILES string of the molecule is CCCc1c(N)n[nH]c1CCc1cccc(C)c1. The number of H-pyrrole nitrogens is 1. The minimum Gasteiger partial charge on any atom is -0.382 e. The molecule has 0 atom stereocenters. The third-order valence-corrected chi connectivity index (χ3v) is 3.23. The molecule has 2 rings (SSSR count). The maximum Gasteiger partial charge on any atom is 0.148 e. The quantitative estimate of drug-likeness (QED) is 0.848. The third kappa shape index (κ3) is 2.92. The molecule has 0 bridgehead atoms. The van der Waals surface area contributed by atoms with E-state index in [1.165, 1.54) is 22.4 Å². The Kier molecular flexibility index (Phi) is 4.03. The predicted molar refractivity (Wildman–Crippen MR) is 75.6 cm³/mol. The molecule has 3 nitrogen and oxygen atoms in total. The summed E-state index contributed by atoms with van der Waals surface area (Å²) in [6.45, 7) is 4.29. The maximum absolute atomic E-state index is 5.88. The maximum atomic E-state index is 5.88. The number of aromatic nitrogens is 2. The van der Waals surface area contributed by atoms with Crippen LogP contribution in [0.4, 0.5) is 5.82 Å². The van der Waals surface area contributed by atoms with Gasteiger partial charge in [0.1, 0.15) is 5.82 Å². The second-order valence-electron chi connectivity index (χ2n) is 4.81. The minimum absolute atomic E-state index is 0.663. The number of anilines is 1. The van der Waals surface area contributed by atoms with E-state index in [1.54, 1.807) is 0 Å².